The summed E-state index contributed by atoms with van der Waals surface area (Å²) < 4.78 is 10.4. The lowest BCUT2D eigenvalue weighted by atomic mass is 10.1. The third kappa shape index (κ3) is 7.13. The van der Waals surface area contributed by atoms with Crippen molar-refractivity contribution in [2.24, 2.45) is 5.92 Å². The van der Waals surface area contributed by atoms with Crippen molar-refractivity contribution in [2.75, 3.05) is 20.3 Å². The largest absolute Gasteiger partial charge is 0.494 e. The summed E-state index contributed by atoms with van der Waals surface area (Å²) in [4.78, 5) is 26.2. The van der Waals surface area contributed by atoms with E-state index in [1.165, 1.54) is 7.11 Å². The van der Waals surface area contributed by atoms with Crippen LogP contribution >= 0.6 is 0 Å². The summed E-state index contributed by atoms with van der Waals surface area (Å²) in [7, 11) is 1.36. The number of carbonyl (C=O) groups is 2. The highest BCUT2D eigenvalue weighted by Gasteiger charge is 2.21. The molecule has 0 N–H and O–H groups in total. The smallest absolute Gasteiger partial charge is 0.310 e. The molecular weight excluding hydrogens is 342 g/mol. The standard InChI is InChI=1S/C22H27NO4/c1-18(22(25)26-2)16-23(17-19-10-5-3-6-11-19)21(24)14-9-15-27-20-12-7-4-8-13-20/h3-8,10-13,18H,9,14-17H2,1-2H3. The Morgan fingerprint density at radius 1 is 1.00 bits per heavy atom. The Morgan fingerprint density at radius 3 is 2.26 bits per heavy atom. The maximum atomic E-state index is 12.7. The Hall–Kier alpha value is -2.82. The fourth-order valence-corrected chi connectivity index (χ4v) is 2.75. The number of methoxy groups -OCH3 is 1. The average Bonchev–Trinajstić information content (AvgIpc) is 2.71. The third-order valence-corrected chi connectivity index (χ3v) is 4.21. The number of rotatable bonds is 10. The maximum absolute atomic E-state index is 12.7. The molecule has 0 aliphatic rings. The molecule has 0 heterocycles. The van der Waals surface area contributed by atoms with Crippen LogP contribution in [0.25, 0.3) is 0 Å². The van der Waals surface area contributed by atoms with E-state index in [2.05, 4.69) is 0 Å². The van der Waals surface area contributed by atoms with Crippen molar-refractivity contribution in [1.29, 1.82) is 0 Å². The second-order valence-corrected chi connectivity index (χ2v) is 6.45. The topological polar surface area (TPSA) is 55.8 Å². The van der Waals surface area contributed by atoms with Crippen molar-refractivity contribution in [3.05, 3.63) is 66.2 Å². The van der Waals surface area contributed by atoms with E-state index in [1.54, 1.807) is 11.8 Å². The minimum Gasteiger partial charge on any atom is -0.494 e. The van der Waals surface area contributed by atoms with E-state index in [4.69, 9.17) is 9.47 Å². The van der Waals surface area contributed by atoms with Gasteiger partial charge in [0, 0.05) is 19.5 Å². The summed E-state index contributed by atoms with van der Waals surface area (Å²) in [6, 6.07) is 19.3. The van der Waals surface area contributed by atoms with Crippen LogP contribution in [0.15, 0.2) is 60.7 Å². The minimum absolute atomic E-state index is 0.00580. The van der Waals surface area contributed by atoms with Crippen LogP contribution in [0.4, 0.5) is 0 Å². The molecule has 144 valence electrons. The minimum atomic E-state index is -0.372. The van der Waals surface area contributed by atoms with E-state index >= 15 is 0 Å². The van der Waals surface area contributed by atoms with Crippen LogP contribution in [0, 0.1) is 5.92 Å². The lowest BCUT2D eigenvalue weighted by molar-refractivity contribution is -0.146. The number of nitrogens with zero attached hydrogens (tertiary/aromatic N) is 1. The predicted octanol–water partition coefficient (Wildman–Crippen LogP) is 3.68. The van der Waals surface area contributed by atoms with Crippen molar-refractivity contribution in [1.82, 2.24) is 4.90 Å². The molecule has 0 saturated carbocycles. The van der Waals surface area contributed by atoms with Crippen molar-refractivity contribution in [2.45, 2.75) is 26.3 Å². The van der Waals surface area contributed by atoms with Crippen LogP contribution in [0.1, 0.15) is 25.3 Å². The molecule has 0 spiro atoms. The first-order valence-corrected chi connectivity index (χ1v) is 9.17. The monoisotopic (exact) mass is 369 g/mol. The Bertz CT molecular complexity index is 703. The summed E-state index contributed by atoms with van der Waals surface area (Å²) in [6.07, 6.45) is 0.985. The molecule has 1 atom stereocenters. The molecule has 2 aromatic rings. The van der Waals surface area contributed by atoms with E-state index in [1.807, 2.05) is 60.7 Å². The SMILES string of the molecule is COC(=O)C(C)CN(Cc1ccccc1)C(=O)CCCOc1ccccc1. The Labute approximate surface area is 160 Å². The lowest BCUT2D eigenvalue weighted by Crippen LogP contribution is -2.36. The fraction of sp³-hybridized carbons (Fsp3) is 0.364. The van der Waals surface area contributed by atoms with E-state index < -0.39 is 0 Å². The molecule has 5 nitrogen and oxygen atoms in total. The van der Waals surface area contributed by atoms with Crippen molar-refractivity contribution in [3.63, 3.8) is 0 Å². The number of amides is 1. The van der Waals surface area contributed by atoms with Gasteiger partial charge >= 0.3 is 5.97 Å². The summed E-state index contributed by atoms with van der Waals surface area (Å²) in [5.74, 6) is 0.119. The first-order chi connectivity index (χ1) is 13.1. The van der Waals surface area contributed by atoms with Gasteiger partial charge in [-0.3, -0.25) is 9.59 Å². The van der Waals surface area contributed by atoms with E-state index in [-0.39, 0.29) is 17.8 Å². The maximum Gasteiger partial charge on any atom is 0.310 e. The van der Waals surface area contributed by atoms with Gasteiger partial charge in [-0.1, -0.05) is 55.5 Å². The molecule has 1 unspecified atom stereocenters. The molecule has 0 aliphatic carbocycles. The van der Waals surface area contributed by atoms with Gasteiger partial charge in [0.1, 0.15) is 5.75 Å². The van der Waals surface area contributed by atoms with Crippen molar-refractivity contribution < 1.29 is 19.1 Å². The quantitative estimate of drug-likeness (QED) is 0.473. The predicted molar refractivity (Wildman–Crippen MR) is 104 cm³/mol. The number of para-hydroxylation sites is 1. The summed E-state index contributed by atoms with van der Waals surface area (Å²) in [5, 5.41) is 0. The van der Waals surface area contributed by atoms with Crippen LogP contribution in [0.3, 0.4) is 0 Å². The molecule has 0 bridgehead atoms. The van der Waals surface area contributed by atoms with Gasteiger partial charge in [-0.05, 0) is 24.1 Å². The number of ether oxygens (including phenoxy) is 2. The van der Waals surface area contributed by atoms with Gasteiger partial charge in [-0.2, -0.15) is 0 Å². The van der Waals surface area contributed by atoms with E-state index in [0.717, 1.165) is 11.3 Å². The van der Waals surface area contributed by atoms with Gasteiger partial charge in [0.2, 0.25) is 5.91 Å². The molecule has 5 heteroatoms. The number of benzene rings is 2. The van der Waals surface area contributed by atoms with Gasteiger partial charge in [-0.15, -0.1) is 0 Å². The first kappa shape index (κ1) is 20.5. The van der Waals surface area contributed by atoms with Crippen LogP contribution in [-0.4, -0.2) is 37.0 Å². The first-order valence-electron chi connectivity index (χ1n) is 9.17. The van der Waals surface area contributed by atoms with Gasteiger partial charge in [0.15, 0.2) is 0 Å². The van der Waals surface area contributed by atoms with Crippen LogP contribution in [0.2, 0.25) is 0 Å². The second kappa shape index (κ2) is 11.0. The van der Waals surface area contributed by atoms with E-state index in [0.29, 0.717) is 32.5 Å². The number of hydrogen-bond donors (Lipinski definition) is 0. The molecular formula is C22H27NO4. The molecule has 27 heavy (non-hydrogen) atoms. The highest BCUT2D eigenvalue weighted by atomic mass is 16.5. The summed E-state index contributed by atoms with van der Waals surface area (Å²) in [6.45, 7) is 3.05. The van der Waals surface area contributed by atoms with Gasteiger partial charge < -0.3 is 14.4 Å². The average molecular weight is 369 g/mol. The molecule has 0 fully saturated rings. The van der Waals surface area contributed by atoms with Gasteiger partial charge in [0.25, 0.3) is 0 Å². The normalized spacial score (nSPS) is 11.5. The molecule has 1 amide bonds. The highest BCUT2D eigenvalue weighted by Crippen LogP contribution is 2.13. The number of carbonyl (C=O) groups excluding carboxylic acids is 2. The third-order valence-electron chi connectivity index (χ3n) is 4.21. The summed E-state index contributed by atoms with van der Waals surface area (Å²) >= 11 is 0. The zero-order chi connectivity index (χ0) is 19.5. The molecule has 0 aromatic heterocycles. The number of esters is 1. The van der Waals surface area contributed by atoms with Crippen molar-refractivity contribution in [3.8, 4) is 5.75 Å². The lowest BCUT2D eigenvalue weighted by Gasteiger charge is -2.25. The molecule has 2 aromatic carbocycles. The molecule has 0 saturated heterocycles. The Morgan fingerprint density at radius 2 is 1.63 bits per heavy atom. The second-order valence-electron chi connectivity index (χ2n) is 6.45. The Kier molecular flexibility index (Phi) is 8.36. The fourth-order valence-electron chi connectivity index (χ4n) is 2.75. The summed E-state index contributed by atoms with van der Waals surface area (Å²) in [5.41, 5.74) is 1.03. The highest BCUT2D eigenvalue weighted by molar-refractivity contribution is 5.78. The molecule has 2 rings (SSSR count). The van der Waals surface area contributed by atoms with Gasteiger partial charge in [-0.25, -0.2) is 0 Å². The van der Waals surface area contributed by atoms with Crippen LogP contribution < -0.4 is 4.74 Å². The van der Waals surface area contributed by atoms with Crippen molar-refractivity contribution >= 4 is 11.9 Å². The zero-order valence-corrected chi connectivity index (χ0v) is 16.0. The Balaban J connectivity index is 1.90. The zero-order valence-electron chi connectivity index (χ0n) is 16.0. The van der Waals surface area contributed by atoms with Gasteiger partial charge in [0.05, 0.1) is 19.6 Å². The van der Waals surface area contributed by atoms with Crippen LogP contribution in [-0.2, 0) is 20.9 Å². The van der Waals surface area contributed by atoms with E-state index in [9.17, 15) is 9.59 Å². The molecule has 0 radical (unpaired) electrons. The molecule has 0 aliphatic heterocycles. The number of hydrogen-bond acceptors (Lipinski definition) is 4. The van der Waals surface area contributed by atoms with Crippen LogP contribution in [0.5, 0.6) is 5.75 Å².